The third-order valence-corrected chi connectivity index (χ3v) is 5.38. The van der Waals surface area contributed by atoms with Crippen molar-refractivity contribution in [1.29, 1.82) is 0 Å². The van der Waals surface area contributed by atoms with Crippen molar-refractivity contribution in [2.45, 2.75) is 31.5 Å². The summed E-state index contributed by atoms with van der Waals surface area (Å²) in [5, 5.41) is 7.96. The molecule has 152 valence electrons. The van der Waals surface area contributed by atoms with Crippen molar-refractivity contribution in [1.82, 2.24) is 24.9 Å². The van der Waals surface area contributed by atoms with Crippen molar-refractivity contribution in [3.8, 4) is 11.5 Å². The fourth-order valence-corrected chi connectivity index (χ4v) is 3.76. The van der Waals surface area contributed by atoms with Gasteiger partial charge < -0.3 is 14.8 Å². The second-order valence-electron chi connectivity index (χ2n) is 7.09. The number of carbonyl (C=O) groups excluding carboxylic acids is 1. The van der Waals surface area contributed by atoms with Gasteiger partial charge in [-0.1, -0.05) is 31.7 Å². The average Bonchev–Trinajstić information content (AvgIpc) is 2.99. The molecule has 9 heteroatoms. The van der Waals surface area contributed by atoms with Crippen LogP contribution in [0.5, 0.6) is 11.5 Å². The molecule has 0 aliphatic carbocycles. The van der Waals surface area contributed by atoms with E-state index in [4.69, 9.17) is 9.47 Å². The molecule has 0 spiro atoms. The highest BCUT2D eigenvalue weighted by atomic mass is 32.2. The van der Waals surface area contributed by atoms with Crippen LogP contribution in [0, 0.1) is 5.92 Å². The summed E-state index contributed by atoms with van der Waals surface area (Å²) in [5.41, 5.74) is 0.998. The van der Waals surface area contributed by atoms with Crippen LogP contribution < -0.4 is 14.8 Å². The fraction of sp³-hybridized carbons (Fsp3) is 0.400. The Kier molecular flexibility index (Phi) is 5.84. The predicted molar refractivity (Wildman–Crippen MR) is 109 cm³/mol. The van der Waals surface area contributed by atoms with E-state index in [-0.39, 0.29) is 23.6 Å². The molecule has 8 nitrogen and oxygen atoms in total. The Bertz CT molecular complexity index is 974. The highest BCUT2D eigenvalue weighted by Gasteiger charge is 2.21. The molecular weight excluding hydrogens is 390 g/mol. The molecule has 0 saturated heterocycles. The van der Waals surface area contributed by atoms with Crippen molar-refractivity contribution < 1.29 is 14.3 Å². The second kappa shape index (κ2) is 8.69. The van der Waals surface area contributed by atoms with E-state index >= 15 is 0 Å². The van der Waals surface area contributed by atoms with Gasteiger partial charge in [0.15, 0.2) is 11.5 Å². The molecule has 1 aliphatic heterocycles. The number of fused-ring (bicyclic) bond motifs is 2. The summed E-state index contributed by atoms with van der Waals surface area (Å²) in [6.07, 6.45) is 4.30. The Morgan fingerprint density at radius 1 is 1.28 bits per heavy atom. The molecule has 2 aromatic heterocycles. The van der Waals surface area contributed by atoms with E-state index in [1.165, 1.54) is 11.8 Å². The van der Waals surface area contributed by atoms with E-state index in [0.29, 0.717) is 24.1 Å². The molecule has 0 fully saturated rings. The highest BCUT2D eigenvalue weighted by Crippen LogP contribution is 2.34. The molecule has 3 aromatic rings. The monoisotopic (exact) mass is 413 g/mol. The zero-order chi connectivity index (χ0) is 20.2. The van der Waals surface area contributed by atoms with Crippen LogP contribution >= 0.6 is 11.8 Å². The molecule has 1 atom stereocenters. The Morgan fingerprint density at radius 3 is 2.90 bits per heavy atom. The quantitative estimate of drug-likeness (QED) is 0.621. The van der Waals surface area contributed by atoms with E-state index in [1.54, 1.807) is 23.0 Å². The Labute approximate surface area is 173 Å². The first-order valence-corrected chi connectivity index (χ1v) is 10.6. The summed E-state index contributed by atoms with van der Waals surface area (Å²) < 4.78 is 13.1. The number of ether oxygens (including phenoxy) is 2. The average molecular weight is 414 g/mol. The summed E-state index contributed by atoms with van der Waals surface area (Å²) >= 11 is 1.29. The minimum absolute atomic E-state index is 0.0763. The highest BCUT2D eigenvalue weighted by molar-refractivity contribution is 7.99. The van der Waals surface area contributed by atoms with Gasteiger partial charge >= 0.3 is 0 Å². The normalized spacial score (nSPS) is 14.6. The number of rotatable bonds is 6. The van der Waals surface area contributed by atoms with Crippen molar-refractivity contribution in [3.05, 3.63) is 42.2 Å². The summed E-state index contributed by atoms with van der Waals surface area (Å²) in [6.45, 7) is 5.44. The van der Waals surface area contributed by atoms with E-state index in [0.717, 1.165) is 23.5 Å². The van der Waals surface area contributed by atoms with Gasteiger partial charge in [0.1, 0.15) is 0 Å². The molecule has 0 bridgehead atoms. The van der Waals surface area contributed by atoms with E-state index in [1.807, 2.05) is 18.2 Å². The molecule has 1 aliphatic rings. The molecule has 1 N–H and O–H groups in total. The lowest BCUT2D eigenvalue weighted by Gasteiger charge is -2.23. The van der Waals surface area contributed by atoms with Crippen LogP contribution in [0.25, 0.3) is 5.78 Å². The Morgan fingerprint density at radius 2 is 2.10 bits per heavy atom. The van der Waals surface area contributed by atoms with Crippen LogP contribution in [0.1, 0.15) is 31.9 Å². The van der Waals surface area contributed by atoms with Crippen LogP contribution in [-0.4, -0.2) is 44.5 Å². The standard InChI is InChI=1S/C20H23N5O3S/c1-13(2)18(14-5-6-15-16(11-14)28-10-4-9-27-15)22-17(26)12-29-20-23-19-21-7-3-8-25(19)24-20/h3,5-8,11,13,18H,4,9-10,12H2,1-2H3,(H,22,26)/t18-/m0/s1. The van der Waals surface area contributed by atoms with Gasteiger partial charge in [0.2, 0.25) is 11.1 Å². The first-order chi connectivity index (χ1) is 14.1. The second-order valence-corrected chi connectivity index (χ2v) is 8.04. The number of benzene rings is 1. The topological polar surface area (TPSA) is 90.6 Å². The van der Waals surface area contributed by atoms with E-state index in [2.05, 4.69) is 34.2 Å². The number of amides is 1. The number of carbonyl (C=O) groups is 1. The molecule has 4 rings (SSSR count). The zero-order valence-electron chi connectivity index (χ0n) is 16.4. The van der Waals surface area contributed by atoms with Crippen LogP contribution in [0.4, 0.5) is 0 Å². The van der Waals surface area contributed by atoms with Gasteiger partial charge in [-0.25, -0.2) is 9.50 Å². The van der Waals surface area contributed by atoms with Gasteiger partial charge in [-0.05, 0) is 29.7 Å². The van der Waals surface area contributed by atoms with Gasteiger partial charge in [-0.15, -0.1) is 5.10 Å². The maximum Gasteiger partial charge on any atom is 0.253 e. The van der Waals surface area contributed by atoms with Crippen LogP contribution in [-0.2, 0) is 4.79 Å². The lowest BCUT2D eigenvalue weighted by atomic mass is 9.95. The molecule has 1 aromatic carbocycles. The molecule has 0 unspecified atom stereocenters. The van der Waals surface area contributed by atoms with Crippen LogP contribution in [0.15, 0.2) is 41.8 Å². The predicted octanol–water partition coefficient (Wildman–Crippen LogP) is 2.89. The molecular formula is C20H23N5O3S. The molecule has 0 saturated carbocycles. The maximum absolute atomic E-state index is 12.6. The largest absolute Gasteiger partial charge is 0.490 e. The lowest BCUT2D eigenvalue weighted by molar-refractivity contribution is -0.119. The first-order valence-electron chi connectivity index (χ1n) is 9.59. The van der Waals surface area contributed by atoms with Crippen LogP contribution in [0.2, 0.25) is 0 Å². The van der Waals surface area contributed by atoms with Crippen molar-refractivity contribution >= 4 is 23.4 Å². The summed E-state index contributed by atoms with van der Waals surface area (Å²) in [6, 6.07) is 7.52. The molecule has 1 amide bonds. The van der Waals surface area contributed by atoms with Gasteiger partial charge in [-0.2, -0.15) is 4.98 Å². The SMILES string of the molecule is CC(C)[C@H](NC(=O)CSc1nc2ncccn2n1)c1ccc2c(c1)OCCCO2. The Hall–Kier alpha value is -2.81. The number of hydrogen-bond acceptors (Lipinski definition) is 7. The van der Waals surface area contributed by atoms with E-state index < -0.39 is 0 Å². The van der Waals surface area contributed by atoms with Gasteiger partial charge in [0.25, 0.3) is 5.78 Å². The Balaban J connectivity index is 1.42. The summed E-state index contributed by atoms with van der Waals surface area (Å²) in [7, 11) is 0. The summed E-state index contributed by atoms with van der Waals surface area (Å²) in [5.74, 6) is 2.37. The van der Waals surface area contributed by atoms with Crippen molar-refractivity contribution in [2.75, 3.05) is 19.0 Å². The summed E-state index contributed by atoms with van der Waals surface area (Å²) in [4.78, 5) is 21.0. The van der Waals surface area contributed by atoms with Crippen molar-refractivity contribution in [3.63, 3.8) is 0 Å². The van der Waals surface area contributed by atoms with E-state index in [9.17, 15) is 4.79 Å². The number of aromatic nitrogens is 4. The van der Waals surface area contributed by atoms with Gasteiger partial charge in [0.05, 0.1) is 25.0 Å². The smallest absolute Gasteiger partial charge is 0.253 e. The minimum atomic E-state index is -0.129. The van der Waals surface area contributed by atoms with Gasteiger partial charge in [0, 0.05) is 18.8 Å². The fourth-order valence-electron chi connectivity index (χ4n) is 3.13. The number of hydrogen-bond donors (Lipinski definition) is 1. The number of nitrogens with zero attached hydrogens (tertiary/aromatic N) is 4. The zero-order valence-corrected chi connectivity index (χ0v) is 17.2. The number of thioether (sulfide) groups is 1. The third kappa shape index (κ3) is 4.61. The molecule has 29 heavy (non-hydrogen) atoms. The molecule has 0 radical (unpaired) electrons. The minimum Gasteiger partial charge on any atom is -0.490 e. The maximum atomic E-state index is 12.6. The third-order valence-electron chi connectivity index (χ3n) is 4.54. The van der Waals surface area contributed by atoms with Crippen LogP contribution in [0.3, 0.4) is 0 Å². The molecule has 3 heterocycles. The van der Waals surface area contributed by atoms with Gasteiger partial charge in [-0.3, -0.25) is 4.79 Å². The number of nitrogens with one attached hydrogen (secondary N) is 1. The first kappa shape index (κ1) is 19.5. The lowest BCUT2D eigenvalue weighted by Crippen LogP contribution is -2.33. The van der Waals surface area contributed by atoms with Crippen molar-refractivity contribution in [2.24, 2.45) is 5.92 Å².